The molecule has 22 heavy (non-hydrogen) atoms. The van der Waals surface area contributed by atoms with E-state index in [9.17, 15) is 4.79 Å². The molecule has 5 nitrogen and oxygen atoms in total. The summed E-state index contributed by atoms with van der Waals surface area (Å²) in [5.74, 6) is 0.517. The van der Waals surface area contributed by atoms with E-state index in [0.717, 1.165) is 17.6 Å². The molecule has 112 valence electrons. The highest BCUT2D eigenvalue weighted by atomic mass is 16.1. The zero-order valence-electron chi connectivity index (χ0n) is 12.7. The Morgan fingerprint density at radius 1 is 1.18 bits per heavy atom. The number of benzene rings is 1. The van der Waals surface area contributed by atoms with Gasteiger partial charge in [-0.05, 0) is 31.9 Å². The van der Waals surface area contributed by atoms with Crippen LogP contribution < -0.4 is 5.32 Å². The molecule has 2 heterocycles. The van der Waals surface area contributed by atoms with Crippen LogP contribution in [-0.2, 0) is 6.42 Å². The number of H-pyrrole nitrogens is 1. The van der Waals surface area contributed by atoms with Crippen molar-refractivity contribution in [1.82, 2.24) is 20.3 Å². The van der Waals surface area contributed by atoms with Gasteiger partial charge >= 0.3 is 0 Å². The first-order valence-electron chi connectivity index (χ1n) is 7.28. The third-order valence-corrected chi connectivity index (χ3v) is 3.73. The molecule has 0 atom stereocenters. The van der Waals surface area contributed by atoms with Gasteiger partial charge in [-0.1, -0.05) is 18.2 Å². The Morgan fingerprint density at radius 3 is 2.68 bits per heavy atom. The van der Waals surface area contributed by atoms with Gasteiger partial charge in [-0.15, -0.1) is 0 Å². The lowest BCUT2D eigenvalue weighted by atomic mass is 10.1. The van der Waals surface area contributed by atoms with Crippen molar-refractivity contribution in [3.8, 4) is 0 Å². The zero-order valence-corrected chi connectivity index (χ0v) is 12.7. The average Bonchev–Trinajstić information content (AvgIpc) is 2.84. The minimum atomic E-state index is -0.141. The number of nitrogens with one attached hydrogen (secondary N) is 2. The maximum absolute atomic E-state index is 12.0. The van der Waals surface area contributed by atoms with Gasteiger partial charge in [0.15, 0.2) is 0 Å². The quantitative estimate of drug-likeness (QED) is 0.777. The van der Waals surface area contributed by atoms with Crippen molar-refractivity contribution in [3.63, 3.8) is 0 Å². The first-order valence-corrected chi connectivity index (χ1v) is 7.28. The molecule has 0 saturated carbocycles. The largest absolute Gasteiger partial charge is 0.358 e. The summed E-state index contributed by atoms with van der Waals surface area (Å²) < 4.78 is 0. The number of para-hydroxylation sites is 1. The first-order chi connectivity index (χ1) is 10.6. The molecule has 0 aliphatic carbocycles. The average molecular weight is 294 g/mol. The van der Waals surface area contributed by atoms with Crippen molar-refractivity contribution >= 4 is 16.8 Å². The molecule has 3 aromatic rings. The van der Waals surface area contributed by atoms with Gasteiger partial charge in [0.05, 0.1) is 5.56 Å². The molecule has 0 bridgehead atoms. The molecule has 0 unspecified atom stereocenters. The molecule has 2 N–H and O–H groups in total. The fourth-order valence-corrected chi connectivity index (χ4v) is 2.57. The number of aromatic amines is 1. The Hall–Kier alpha value is -2.69. The van der Waals surface area contributed by atoms with Crippen LogP contribution in [0.5, 0.6) is 0 Å². The van der Waals surface area contributed by atoms with Crippen molar-refractivity contribution in [2.24, 2.45) is 0 Å². The number of hydrogen-bond acceptors (Lipinski definition) is 3. The molecule has 2 aromatic heterocycles. The lowest BCUT2D eigenvalue weighted by Crippen LogP contribution is -2.26. The Kier molecular flexibility index (Phi) is 3.87. The second-order valence-corrected chi connectivity index (χ2v) is 5.30. The van der Waals surface area contributed by atoms with E-state index in [1.54, 1.807) is 19.3 Å². The molecule has 0 spiro atoms. The summed E-state index contributed by atoms with van der Waals surface area (Å²) in [6.45, 7) is 4.43. The van der Waals surface area contributed by atoms with E-state index in [4.69, 9.17) is 0 Å². The van der Waals surface area contributed by atoms with Crippen LogP contribution in [0.3, 0.4) is 0 Å². The van der Waals surface area contributed by atoms with E-state index in [0.29, 0.717) is 17.9 Å². The molecule has 0 fully saturated rings. The van der Waals surface area contributed by atoms with Crippen LogP contribution in [0.4, 0.5) is 0 Å². The fourth-order valence-electron chi connectivity index (χ4n) is 2.57. The molecule has 5 heteroatoms. The van der Waals surface area contributed by atoms with Gasteiger partial charge in [0, 0.05) is 35.5 Å². The number of hydrogen-bond donors (Lipinski definition) is 2. The molecular weight excluding hydrogens is 276 g/mol. The van der Waals surface area contributed by atoms with Crippen molar-refractivity contribution < 1.29 is 4.79 Å². The monoisotopic (exact) mass is 294 g/mol. The standard InChI is InChI=1S/C17H18N4O/c1-11-14(15-5-3-4-6-16(15)21-11)7-8-18-17(22)13-9-19-12(2)20-10-13/h3-6,9-10,21H,7-8H2,1-2H3,(H,18,22). The summed E-state index contributed by atoms with van der Waals surface area (Å²) >= 11 is 0. The van der Waals surface area contributed by atoms with E-state index in [1.165, 1.54) is 10.9 Å². The third-order valence-electron chi connectivity index (χ3n) is 3.73. The molecule has 0 saturated heterocycles. The molecule has 0 aliphatic heterocycles. The van der Waals surface area contributed by atoms with Gasteiger partial charge in [0.2, 0.25) is 0 Å². The van der Waals surface area contributed by atoms with E-state index >= 15 is 0 Å². The first kappa shape index (κ1) is 14.3. The number of fused-ring (bicyclic) bond motifs is 1. The second kappa shape index (κ2) is 5.97. The predicted molar refractivity (Wildman–Crippen MR) is 85.8 cm³/mol. The van der Waals surface area contributed by atoms with E-state index in [-0.39, 0.29) is 5.91 Å². The maximum atomic E-state index is 12.0. The minimum absolute atomic E-state index is 0.141. The summed E-state index contributed by atoms with van der Waals surface area (Å²) in [5.41, 5.74) is 4.01. The predicted octanol–water partition coefficient (Wildman–Crippen LogP) is 2.55. The number of aromatic nitrogens is 3. The number of amides is 1. The van der Waals surface area contributed by atoms with Crippen molar-refractivity contribution in [1.29, 1.82) is 0 Å². The highest BCUT2D eigenvalue weighted by Crippen LogP contribution is 2.21. The summed E-state index contributed by atoms with van der Waals surface area (Å²) in [6.07, 6.45) is 3.89. The third kappa shape index (κ3) is 2.83. The van der Waals surface area contributed by atoms with Crippen LogP contribution in [0.25, 0.3) is 10.9 Å². The van der Waals surface area contributed by atoms with Gasteiger partial charge in [0.1, 0.15) is 5.82 Å². The normalized spacial score (nSPS) is 10.8. The highest BCUT2D eigenvalue weighted by molar-refractivity contribution is 5.93. The van der Waals surface area contributed by atoms with E-state index in [2.05, 4.69) is 39.3 Å². The number of carbonyl (C=O) groups excluding carboxylic acids is 1. The van der Waals surface area contributed by atoms with Gasteiger partial charge in [-0.3, -0.25) is 4.79 Å². The van der Waals surface area contributed by atoms with Gasteiger partial charge < -0.3 is 10.3 Å². The second-order valence-electron chi connectivity index (χ2n) is 5.30. The lowest BCUT2D eigenvalue weighted by Gasteiger charge is -2.05. The summed E-state index contributed by atoms with van der Waals surface area (Å²) in [7, 11) is 0. The summed E-state index contributed by atoms with van der Waals surface area (Å²) in [6, 6.07) is 8.21. The SMILES string of the molecule is Cc1ncc(C(=O)NCCc2c(C)[nH]c3ccccc23)cn1. The molecule has 1 aromatic carbocycles. The minimum Gasteiger partial charge on any atom is -0.358 e. The van der Waals surface area contributed by atoms with Crippen LogP contribution in [0.1, 0.15) is 27.4 Å². The summed E-state index contributed by atoms with van der Waals surface area (Å²) in [4.78, 5) is 23.5. The van der Waals surface area contributed by atoms with Gasteiger partial charge in [-0.2, -0.15) is 0 Å². The number of nitrogens with zero attached hydrogens (tertiary/aromatic N) is 2. The smallest absolute Gasteiger partial charge is 0.254 e. The maximum Gasteiger partial charge on any atom is 0.254 e. The van der Waals surface area contributed by atoms with Gasteiger partial charge in [-0.25, -0.2) is 9.97 Å². The molecule has 1 amide bonds. The zero-order chi connectivity index (χ0) is 15.5. The lowest BCUT2D eigenvalue weighted by molar-refractivity contribution is 0.0953. The Labute approximate surface area is 128 Å². The van der Waals surface area contributed by atoms with Crippen molar-refractivity contribution in [2.45, 2.75) is 20.3 Å². The number of carbonyl (C=O) groups is 1. The van der Waals surface area contributed by atoms with E-state index in [1.807, 2.05) is 12.1 Å². The molecular formula is C17H18N4O. The molecule has 0 radical (unpaired) electrons. The topological polar surface area (TPSA) is 70.7 Å². The Balaban J connectivity index is 1.66. The van der Waals surface area contributed by atoms with Gasteiger partial charge in [0.25, 0.3) is 5.91 Å². The Morgan fingerprint density at radius 2 is 1.91 bits per heavy atom. The van der Waals surface area contributed by atoms with E-state index < -0.39 is 0 Å². The Bertz CT molecular complexity index is 805. The number of aryl methyl sites for hydroxylation is 2. The number of rotatable bonds is 4. The van der Waals surface area contributed by atoms with Crippen molar-refractivity contribution in [3.05, 3.63) is 59.3 Å². The fraction of sp³-hybridized carbons (Fsp3) is 0.235. The van der Waals surface area contributed by atoms with Crippen LogP contribution in [0.15, 0.2) is 36.7 Å². The van der Waals surface area contributed by atoms with Crippen molar-refractivity contribution in [2.75, 3.05) is 6.54 Å². The van der Waals surface area contributed by atoms with Crippen LogP contribution >= 0.6 is 0 Å². The van der Waals surface area contributed by atoms with Crippen LogP contribution in [0.2, 0.25) is 0 Å². The molecule has 3 rings (SSSR count). The van der Waals surface area contributed by atoms with Crippen LogP contribution in [0, 0.1) is 13.8 Å². The highest BCUT2D eigenvalue weighted by Gasteiger charge is 2.09. The van der Waals surface area contributed by atoms with Crippen LogP contribution in [-0.4, -0.2) is 27.4 Å². The molecule has 0 aliphatic rings. The summed E-state index contributed by atoms with van der Waals surface area (Å²) in [5, 5.41) is 4.13.